The molecule has 1 saturated heterocycles. The predicted molar refractivity (Wildman–Crippen MR) is 146 cm³/mol. The predicted octanol–water partition coefficient (Wildman–Crippen LogP) is 5.73. The molecule has 0 saturated carbocycles. The van der Waals surface area contributed by atoms with Gasteiger partial charge >= 0.3 is 0 Å². The Bertz CT molecular complexity index is 1490. The Morgan fingerprint density at radius 3 is 2.22 bits per heavy atom. The van der Waals surface area contributed by atoms with Crippen LogP contribution in [0.4, 0.5) is 11.5 Å². The van der Waals surface area contributed by atoms with Crippen LogP contribution >= 0.6 is 0 Å². The van der Waals surface area contributed by atoms with Crippen LogP contribution in [0.3, 0.4) is 0 Å². The van der Waals surface area contributed by atoms with E-state index in [2.05, 4.69) is 94.2 Å². The van der Waals surface area contributed by atoms with E-state index in [-0.39, 0.29) is 0 Å². The third kappa shape index (κ3) is 4.05. The van der Waals surface area contributed by atoms with Crippen LogP contribution in [-0.4, -0.2) is 47.8 Å². The van der Waals surface area contributed by atoms with Gasteiger partial charge in [-0.25, -0.2) is 9.97 Å². The normalized spacial score (nSPS) is 13.8. The molecular formula is C30H29N5O. The van der Waals surface area contributed by atoms with Gasteiger partial charge in [-0.2, -0.15) is 0 Å². The minimum atomic E-state index is 0.882. The first-order valence-corrected chi connectivity index (χ1v) is 12.3. The van der Waals surface area contributed by atoms with E-state index in [4.69, 9.17) is 14.7 Å². The minimum Gasteiger partial charge on any atom is -0.497 e. The van der Waals surface area contributed by atoms with Gasteiger partial charge in [-0.3, -0.25) is 0 Å². The van der Waals surface area contributed by atoms with Gasteiger partial charge in [-0.15, -0.1) is 0 Å². The number of aryl methyl sites for hydroxylation is 1. The number of rotatable bonds is 5. The largest absolute Gasteiger partial charge is 0.497 e. The van der Waals surface area contributed by atoms with E-state index in [0.717, 1.165) is 60.0 Å². The van der Waals surface area contributed by atoms with Crippen LogP contribution in [0.2, 0.25) is 0 Å². The fraction of sp³-hybridized carbons (Fsp3) is 0.200. The molecule has 3 heterocycles. The molecule has 36 heavy (non-hydrogen) atoms. The number of hydrogen-bond donors (Lipinski definition) is 0. The molecule has 6 heteroatoms. The Morgan fingerprint density at radius 1 is 0.750 bits per heavy atom. The quantitative estimate of drug-likeness (QED) is 0.325. The molecule has 6 nitrogen and oxygen atoms in total. The maximum absolute atomic E-state index is 5.32. The third-order valence-electron chi connectivity index (χ3n) is 6.94. The summed E-state index contributed by atoms with van der Waals surface area (Å²) in [4.78, 5) is 14.4. The summed E-state index contributed by atoms with van der Waals surface area (Å²) in [5.41, 5.74) is 6.80. The molecule has 180 valence electrons. The van der Waals surface area contributed by atoms with Crippen molar-refractivity contribution in [3.05, 3.63) is 97.0 Å². The zero-order chi connectivity index (χ0) is 24.5. The lowest BCUT2D eigenvalue weighted by Gasteiger charge is -2.37. The summed E-state index contributed by atoms with van der Waals surface area (Å²) in [6.45, 7) is 5.76. The van der Waals surface area contributed by atoms with Crippen LogP contribution in [0.1, 0.15) is 5.56 Å². The van der Waals surface area contributed by atoms with E-state index in [1.54, 1.807) is 13.4 Å². The van der Waals surface area contributed by atoms with Crippen molar-refractivity contribution in [3.63, 3.8) is 0 Å². The summed E-state index contributed by atoms with van der Waals surface area (Å²) in [6, 6.07) is 27.4. The maximum atomic E-state index is 5.32. The summed E-state index contributed by atoms with van der Waals surface area (Å²) in [7, 11) is 1.70. The molecule has 1 aliphatic rings. The van der Waals surface area contributed by atoms with Crippen LogP contribution in [0.25, 0.3) is 27.8 Å². The number of methoxy groups -OCH3 is 1. The fourth-order valence-electron chi connectivity index (χ4n) is 5.07. The van der Waals surface area contributed by atoms with Gasteiger partial charge < -0.3 is 19.1 Å². The van der Waals surface area contributed by atoms with E-state index in [1.807, 2.05) is 12.1 Å². The van der Waals surface area contributed by atoms with Gasteiger partial charge in [0.15, 0.2) is 5.65 Å². The topological polar surface area (TPSA) is 46.4 Å². The number of fused-ring (bicyclic) bond motifs is 1. The van der Waals surface area contributed by atoms with Crippen molar-refractivity contribution >= 4 is 22.5 Å². The average Bonchev–Trinajstić information content (AvgIpc) is 3.34. The standard InChI is InChI=1S/C30H29N5O/c1-22-7-6-10-25(19-22)35-20-27(23-8-4-3-5-9-23)28-29(31-21-32-30(28)35)34-17-15-33(16-18-34)24-11-13-26(36-2)14-12-24/h3-14,19-21H,15-18H2,1-2H3. The Balaban J connectivity index is 1.39. The Hall–Kier alpha value is -4.32. The summed E-state index contributed by atoms with van der Waals surface area (Å²) in [6.07, 6.45) is 3.91. The highest BCUT2D eigenvalue weighted by molar-refractivity contribution is 6.02. The number of anilines is 2. The van der Waals surface area contributed by atoms with Crippen LogP contribution < -0.4 is 14.5 Å². The first-order chi connectivity index (χ1) is 17.7. The van der Waals surface area contributed by atoms with Gasteiger partial charge in [0.05, 0.1) is 12.5 Å². The van der Waals surface area contributed by atoms with Gasteiger partial charge in [0.2, 0.25) is 0 Å². The van der Waals surface area contributed by atoms with Gasteiger partial charge in [0.25, 0.3) is 0 Å². The summed E-state index contributed by atoms with van der Waals surface area (Å²) < 4.78 is 7.52. The zero-order valence-electron chi connectivity index (χ0n) is 20.6. The van der Waals surface area contributed by atoms with Crippen molar-refractivity contribution in [2.24, 2.45) is 0 Å². The van der Waals surface area contributed by atoms with Crippen LogP contribution in [-0.2, 0) is 0 Å². The number of piperazine rings is 1. The van der Waals surface area contributed by atoms with E-state index in [1.165, 1.54) is 16.8 Å². The van der Waals surface area contributed by atoms with Crippen molar-refractivity contribution in [1.82, 2.24) is 14.5 Å². The Kier molecular flexibility index (Phi) is 5.77. The SMILES string of the molecule is COc1ccc(N2CCN(c3ncnc4c3c(-c3ccccc3)cn4-c3cccc(C)c3)CC2)cc1. The molecule has 5 aromatic rings. The van der Waals surface area contributed by atoms with Crippen molar-refractivity contribution in [2.45, 2.75) is 6.92 Å². The first-order valence-electron chi connectivity index (χ1n) is 12.3. The van der Waals surface area contributed by atoms with E-state index < -0.39 is 0 Å². The van der Waals surface area contributed by atoms with Crippen LogP contribution in [0.15, 0.2) is 91.4 Å². The molecule has 0 radical (unpaired) electrons. The summed E-state index contributed by atoms with van der Waals surface area (Å²) in [5.74, 6) is 1.88. The first kappa shape index (κ1) is 22.2. The van der Waals surface area contributed by atoms with E-state index >= 15 is 0 Å². The second kappa shape index (κ2) is 9.38. The molecule has 1 aliphatic heterocycles. The number of ether oxygens (including phenoxy) is 1. The zero-order valence-corrected chi connectivity index (χ0v) is 20.6. The molecule has 0 spiro atoms. The molecule has 3 aromatic carbocycles. The minimum absolute atomic E-state index is 0.882. The lowest BCUT2D eigenvalue weighted by atomic mass is 10.1. The molecule has 6 rings (SSSR count). The summed E-state index contributed by atoms with van der Waals surface area (Å²) in [5, 5.41) is 1.10. The maximum Gasteiger partial charge on any atom is 0.150 e. The molecule has 0 N–H and O–H groups in total. The second-order valence-electron chi connectivity index (χ2n) is 9.19. The Labute approximate surface area is 211 Å². The number of hydrogen-bond acceptors (Lipinski definition) is 5. The van der Waals surface area contributed by atoms with Crippen molar-refractivity contribution < 1.29 is 4.74 Å². The molecule has 0 unspecified atom stereocenters. The number of nitrogens with zero attached hydrogens (tertiary/aromatic N) is 5. The second-order valence-corrected chi connectivity index (χ2v) is 9.19. The monoisotopic (exact) mass is 475 g/mol. The highest BCUT2D eigenvalue weighted by Gasteiger charge is 2.24. The molecule has 0 amide bonds. The van der Waals surface area contributed by atoms with E-state index in [9.17, 15) is 0 Å². The lowest BCUT2D eigenvalue weighted by Crippen LogP contribution is -2.46. The van der Waals surface area contributed by atoms with Crippen LogP contribution in [0.5, 0.6) is 5.75 Å². The molecular weight excluding hydrogens is 446 g/mol. The van der Waals surface area contributed by atoms with Crippen molar-refractivity contribution in [1.29, 1.82) is 0 Å². The molecule has 0 atom stereocenters. The average molecular weight is 476 g/mol. The van der Waals surface area contributed by atoms with Crippen LogP contribution in [0, 0.1) is 6.92 Å². The van der Waals surface area contributed by atoms with Gasteiger partial charge in [0, 0.05) is 49.3 Å². The smallest absolute Gasteiger partial charge is 0.150 e. The molecule has 2 aromatic heterocycles. The number of aromatic nitrogens is 3. The highest BCUT2D eigenvalue weighted by atomic mass is 16.5. The Morgan fingerprint density at radius 2 is 1.50 bits per heavy atom. The van der Waals surface area contributed by atoms with E-state index in [0.29, 0.717) is 0 Å². The third-order valence-corrected chi connectivity index (χ3v) is 6.94. The highest BCUT2D eigenvalue weighted by Crippen LogP contribution is 2.37. The van der Waals surface area contributed by atoms with Crippen molar-refractivity contribution in [3.8, 4) is 22.6 Å². The van der Waals surface area contributed by atoms with Gasteiger partial charge in [-0.1, -0.05) is 42.5 Å². The number of benzene rings is 3. The lowest BCUT2D eigenvalue weighted by molar-refractivity contribution is 0.415. The van der Waals surface area contributed by atoms with Gasteiger partial charge in [-0.05, 0) is 54.4 Å². The fourth-order valence-corrected chi connectivity index (χ4v) is 5.07. The van der Waals surface area contributed by atoms with Crippen molar-refractivity contribution in [2.75, 3.05) is 43.1 Å². The molecule has 0 bridgehead atoms. The molecule has 0 aliphatic carbocycles. The molecule has 1 fully saturated rings. The summed E-state index contributed by atoms with van der Waals surface area (Å²) >= 11 is 0. The van der Waals surface area contributed by atoms with Gasteiger partial charge in [0.1, 0.15) is 17.9 Å².